The summed E-state index contributed by atoms with van der Waals surface area (Å²) >= 11 is 5.45. The summed E-state index contributed by atoms with van der Waals surface area (Å²) in [6.45, 7) is 1.92. The van der Waals surface area contributed by atoms with Crippen molar-refractivity contribution in [1.29, 1.82) is 0 Å². The van der Waals surface area contributed by atoms with Gasteiger partial charge in [-0.3, -0.25) is 9.59 Å². The molecule has 0 saturated heterocycles. The highest BCUT2D eigenvalue weighted by atomic mass is 127. The van der Waals surface area contributed by atoms with Gasteiger partial charge in [-0.2, -0.15) is 5.10 Å². The van der Waals surface area contributed by atoms with Crippen molar-refractivity contribution in [3.8, 4) is 11.5 Å². The van der Waals surface area contributed by atoms with E-state index in [0.717, 1.165) is 9.86 Å². The van der Waals surface area contributed by atoms with Crippen LogP contribution in [0.4, 0.5) is 10.1 Å². The predicted molar refractivity (Wildman–Crippen MR) is 150 cm³/mol. The molecule has 0 atom stereocenters. The molecule has 8 nitrogen and oxygen atoms in total. The number of furan rings is 1. The molecule has 0 bridgehead atoms. The molecule has 0 saturated carbocycles. The average Bonchev–Trinajstić information content (AvgIpc) is 3.28. The summed E-state index contributed by atoms with van der Waals surface area (Å²) in [5, 5.41) is 7.45. The standard InChI is InChI=1S/C26H20BrFIN3O5/c1-2-35-22-10-15(13-30-32-26(34)23-12-16-11-17(27)3-8-21(16)37-23)9-20(29)25(22)36-14-24(33)31-19-6-4-18(28)5-7-19/h3-13H,2,14H2,1H3,(H,31,33)(H,32,34)/b30-13+. The first-order valence-electron chi connectivity index (χ1n) is 11.0. The summed E-state index contributed by atoms with van der Waals surface area (Å²) in [4.78, 5) is 24.7. The number of hydrogen-bond acceptors (Lipinski definition) is 6. The van der Waals surface area contributed by atoms with E-state index in [1.165, 1.54) is 30.5 Å². The number of carbonyl (C=O) groups is 2. The monoisotopic (exact) mass is 679 g/mol. The molecule has 0 radical (unpaired) electrons. The number of rotatable bonds is 9. The first-order chi connectivity index (χ1) is 17.8. The molecule has 2 amide bonds. The molecule has 2 N–H and O–H groups in total. The molecule has 0 spiro atoms. The smallest absolute Gasteiger partial charge is 0.307 e. The number of nitrogens with one attached hydrogen (secondary N) is 2. The Bertz CT molecular complexity index is 1470. The summed E-state index contributed by atoms with van der Waals surface area (Å²) in [5.41, 5.74) is 4.14. The van der Waals surface area contributed by atoms with Crippen LogP contribution >= 0.6 is 38.5 Å². The number of ether oxygens (including phenoxy) is 2. The Hall–Kier alpha value is -3.45. The molecular weight excluding hydrogens is 660 g/mol. The second-order valence-corrected chi connectivity index (χ2v) is 9.68. The molecule has 0 aliphatic carbocycles. The third-order valence-corrected chi connectivity index (χ3v) is 6.18. The normalized spacial score (nSPS) is 11.0. The summed E-state index contributed by atoms with van der Waals surface area (Å²) in [5.74, 6) is -0.341. The lowest BCUT2D eigenvalue weighted by atomic mass is 10.2. The highest BCUT2D eigenvalue weighted by Gasteiger charge is 2.15. The summed E-state index contributed by atoms with van der Waals surface area (Å²) < 4.78 is 31.6. The second kappa shape index (κ2) is 12.2. The van der Waals surface area contributed by atoms with E-state index < -0.39 is 17.6 Å². The maximum absolute atomic E-state index is 13.0. The second-order valence-electron chi connectivity index (χ2n) is 7.60. The van der Waals surface area contributed by atoms with Crippen LogP contribution in [0.1, 0.15) is 23.0 Å². The zero-order valence-corrected chi connectivity index (χ0v) is 23.1. The number of amides is 2. The summed E-state index contributed by atoms with van der Waals surface area (Å²) in [6.07, 6.45) is 1.47. The summed E-state index contributed by atoms with van der Waals surface area (Å²) in [7, 11) is 0. The van der Waals surface area contributed by atoms with Gasteiger partial charge in [0.1, 0.15) is 11.4 Å². The lowest BCUT2D eigenvalue weighted by molar-refractivity contribution is -0.118. The molecule has 3 aromatic carbocycles. The van der Waals surface area contributed by atoms with Gasteiger partial charge >= 0.3 is 5.91 Å². The van der Waals surface area contributed by atoms with E-state index in [2.05, 4.69) is 54.4 Å². The van der Waals surface area contributed by atoms with Crippen molar-refractivity contribution in [2.45, 2.75) is 6.92 Å². The van der Waals surface area contributed by atoms with Crippen molar-refractivity contribution in [3.05, 3.63) is 85.8 Å². The Balaban J connectivity index is 1.41. The molecule has 0 unspecified atom stereocenters. The molecular formula is C26H20BrFIN3O5. The van der Waals surface area contributed by atoms with Crippen LogP contribution in [-0.4, -0.2) is 31.2 Å². The van der Waals surface area contributed by atoms with Gasteiger partial charge in [0.05, 0.1) is 16.4 Å². The quantitative estimate of drug-likeness (QED) is 0.126. The van der Waals surface area contributed by atoms with Crippen LogP contribution in [0.2, 0.25) is 0 Å². The zero-order chi connectivity index (χ0) is 26.4. The van der Waals surface area contributed by atoms with Gasteiger partial charge in [0.15, 0.2) is 23.9 Å². The fourth-order valence-corrected chi connectivity index (χ4v) is 4.44. The number of carbonyl (C=O) groups excluding carboxylic acids is 2. The number of nitrogens with zero attached hydrogens (tertiary/aromatic N) is 1. The third-order valence-electron chi connectivity index (χ3n) is 4.89. The minimum atomic E-state index is -0.490. The number of benzene rings is 3. The Morgan fingerprint density at radius 1 is 1.11 bits per heavy atom. The average molecular weight is 680 g/mol. The lowest BCUT2D eigenvalue weighted by Crippen LogP contribution is -2.20. The van der Waals surface area contributed by atoms with Gasteiger partial charge in [-0.05, 0) is 95.7 Å². The molecule has 1 aromatic heterocycles. The van der Waals surface area contributed by atoms with E-state index in [1.807, 2.05) is 19.1 Å². The Labute approximate surface area is 233 Å². The number of anilines is 1. The Morgan fingerprint density at radius 3 is 2.65 bits per heavy atom. The van der Waals surface area contributed by atoms with Gasteiger partial charge in [-0.15, -0.1) is 0 Å². The number of hydrogen-bond donors (Lipinski definition) is 2. The van der Waals surface area contributed by atoms with Gasteiger partial charge < -0.3 is 19.2 Å². The van der Waals surface area contributed by atoms with Crippen LogP contribution in [0.15, 0.2) is 74.7 Å². The lowest BCUT2D eigenvalue weighted by Gasteiger charge is -2.14. The highest BCUT2D eigenvalue weighted by Crippen LogP contribution is 2.34. The molecule has 1 heterocycles. The van der Waals surface area contributed by atoms with Crippen LogP contribution < -0.4 is 20.2 Å². The van der Waals surface area contributed by atoms with E-state index >= 15 is 0 Å². The molecule has 37 heavy (non-hydrogen) atoms. The van der Waals surface area contributed by atoms with E-state index in [4.69, 9.17) is 13.9 Å². The van der Waals surface area contributed by atoms with Gasteiger partial charge in [0, 0.05) is 15.5 Å². The van der Waals surface area contributed by atoms with E-state index in [-0.39, 0.29) is 12.4 Å². The maximum Gasteiger partial charge on any atom is 0.307 e. The van der Waals surface area contributed by atoms with Crippen LogP contribution in [0.5, 0.6) is 11.5 Å². The predicted octanol–water partition coefficient (Wildman–Crippen LogP) is 6.12. The fourth-order valence-electron chi connectivity index (χ4n) is 3.28. The van der Waals surface area contributed by atoms with Crippen molar-refractivity contribution in [2.24, 2.45) is 5.10 Å². The van der Waals surface area contributed by atoms with Gasteiger partial charge in [0.25, 0.3) is 5.91 Å². The van der Waals surface area contributed by atoms with Crippen molar-refractivity contribution in [1.82, 2.24) is 5.43 Å². The van der Waals surface area contributed by atoms with Gasteiger partial charge in [-0.25, -0.2) is 9.82 Å². The zero-order valence-electron chi connectivity index (χ0n) is 19.4. The first kappa shape index (κ1) is 26.6. The molecule has 4 aromatic rings. The van der Waals surface area contributed by atoms with E-state index in [1.54, 1.807) is 24.3 Å². The van der Waals surface area contributed by atoms with Crippen molar-refractivity contribution in [3.63, 3.8) is 0 Å². The van der Waals surface area contributed by atoms with E-state index in [0.29, 0.717) is 38.5 Å². The molecule has 0 fully saturated rings. The highest BCUT2D eigenvalue weighted by molar-refractivity contribution is 14.1. The molecule has 0 aliphatic heterocycles. The maximum atomic E-state index is 13.0. The summed E-state index contributed by atoms with van der Waals surface area (Å²) in [6, 6.07) is 16.0. The number of hydrazone groups is 1. The first-order valence-corrected chi connectivity index (χ1v) is 12.9. The Kier molecular flexibility index (Phi) is 8.77. The molecule has 11 heteroatoms. The SMILES string of the molecule is CCOc1cc(/C=N/NC(=O)c2cc3cc(Br)ccc3o2)cc(I)c1OCC(=O)Nc1ccc(F)cc1. The van der Waals surface area contributed by atoms with Gasteiger partial charge in [0.2, 0.25) is 0 Å². The molecule has 4 rings (SSSR count). The third kappa shape index (κ3) is 7.07. The number of halogens is 3. The molecule has 0 aliphatic rings. The number of fused-ring (bicyclic) bond motifs is 1. The van der Waals surface area contributed by atoms with Crippen LogP contribution in [-0.2, 0) is 4.79 Å². The van der Waals surface area contributed by atoms with Crippen LogP contribution in [0.25, 0.3) is 11.0 Å². The van der Waals surface area contributed by atoms with Crippen molar-refractivity contribution >= 4 is 73.2 Å². The molecule has 190 valence electrons. The Morgan fingerprint density at radius 2 is 1.89 bits per heavy atom. The van der Waals surface area contributed by atoms with Crippen LogP contribution in [0.3, 0.4) is 0 Å². The van der Waals surface area contributed by atoms with Gasteiger partial charge in [-0.1, -0.05) is 15.9 Å². The topological polar surface area (TPSA) is 102 Å². The minimum Gasteiger partial charge on any atom is -0.490 e. The minimum absolute atomic E-state index is 0.137. The van der Waals surface area contributed by atoms with Crippen molar-refractivity contribution in [2.75, 3.05) is 18.5 Å². The van der Waals surface area contributed by atoms with Crippen molar-refractivity contribution < 1.29 is 27.9 Å². The van der Waals surface area contributed by atoms with E-state index in [9.17, 15) is 14.0 Å². The fraction of sp³-hybridized carbons (Fsp3) is 0.115. The largest absolute Gasteiger partial charge is 0.490 e. The van der Waals surface area contributed by atoms with Crippen LogP contribution in [0, 0.1) is 9.39 Å².